The molecule has 1 aliphatic rings. The summed E-state index contributed by atoms with van der Waals surface area (Å²) < 4.78 is 37.7. The van der Waals surface area contributed by atoms with Crippen LogP contribution in [0.3, 0.4) is 0 Å². The highest BCUT2D eigenvalue weighted by molar-refractivity contribution is 5.82. The van der Waals surface area contributed by atoms with Crippen molar-refractivity contribution in [1.29, 1.82) is 0 Å². The van der Waals surface area contributed by atoms with Crippen LogP contribution in [0.1, 0.15) is 28.5 Å². The van der Waals surface area contributed by atoms with Crippen LogP contribution in [0.4, 0.5) is 13.2 Å². The first kappa shape index (κ1) is 17.2. The lowest BCUT2D eigenvalue weighted by Crippen LogP contribution is -2.41. The molecule has 0 saturated heterocycles. The molecule has 0 bridgehead atoms. The molecule has 0 radical (unpaired) electrons. The van der Waals surface area contributed by atoms with Gasteiger partial charge in [0.2, 0.25) is 0 Å². The molecule has 0 aliphatic carbocycles. The van der Waals surface area contributed by atoms with Gasteiger partial charge in [0, 0.05) is 12.1 Å². The average molecular weight is 353 g/mol. The van der Waals surface area contributed by atoms with Crippen molar-refractivity contribution in [2.75, 3.05) is 6.54 Å². The van der Waals surface area contributed by atoms with Gasteiger partial charge < -0.3 is 15.0 Å². The molecule has 0 fully saturated rings. The van der Waals surface area contributed by atoms with E-state index in [-0.39, 0.29) is 24.2 Å². The number of benzene rings is 1. The minimum Gasteiger partial charge on any atom is -0.378 e. The number of rotatable bonds is 2. The summed E-state index contributed by atoms with van der Waals surface area (Å²) in [5.41, 5.74) is -0.104. The van der Waals surface area contributed by atoms with Crippen molar-refractivity contribution in [2.45, 2.75) is 25.2 Å². The highest BCUT2D eigenvalue weighted by Gasteiger charge is 2.32. The SMILES string of the molecule is O=C([C@@H](O)c1ccc(C(F)(F)F)cc1)N1CCc2c(nc[nH]c2=O)C1. The number of aliphatic hydroxyl groups excluding tert-OH is 1. The normalized spacial score (nSPS) is 15.6. The van der Waals surface area contributed by atoms with Crippen LogP contribution in [0.25, 0.3) is 0 Å². The Hall–Kier alpha value is -2.68. The van der Waals surface area contributed by atoms with Crippen LogP contribution >= 0.6 is 0 Å². The van der Waals surface area contributed by atoms with Crippen LogP contribution in [0.5, 0.6) is 0 Å². The van der Waals surface area contributed by atoms with E-state index in [0.29, 0.717) is 17.7 Å². The van der Waals surface area contributed by atoms with Crippen LogP contribution in [-0.2, 0) is 23.9 Å². The summed E-state index contributed by atoms with van der Waals surface area (Å²) in [5, 5.41) is 10.2. The average Bonchev–Trinajstić information content (AvgIpc) is 2.60. The third-order valence-corrected chi connectivity index (χ3v) is 4.11. The molecule has 1 aromatic heterocycles. The molecule has 3 rings (SSSR count). The molecule has 2 aromatic rings. The van der Waals surface area contributed by atoms with Gasteiger partial charge in [-0.1, -0.05) is 12.1 Å². The first-order valence-corrected chi connectivity index (χ1v) is 7.47. The largest absolute Gasteiger partial charge is 0.416 e. The van der Waals surface area contributed by atoms with Crippen LogP contribution in [0.2, 0.25) is 0 Å². The van der Waals surface area contributed by atoms with E-state index in [1.54, 1.807) is 0 Å². The Morgan fingerprint density at radius 2 is 1.96 bits per heavy atom. The molecule has 6 nitrogen and oxygen atoms in total. The minimum atomic E-state index is -4.48. The fraction of sp³-hybridized carbons (Fsp3) is 0.312. The number of alkyl halides is 3. The molecule has 9 heteroatoms. The van der Waals surface area contributed by atoms with Gasteiger partial charge in [-0.25, -0.2) is 4.98 Å². The fourth-order valence-electron chi connectivity index (χ4n) is 2.72. The molecule has 1 atom stereocenters. The second-order valence-electron chi connectivity index (χ2n) is 5.69. The maximum Gasteiger partial charge on any atom is 0.416 e. The second kappa shape index (κ2) is 6.32. The predicted molar refractivity (Wildman–Crippen MR) is 80.4 cm³/mol. The summed E-state index contributed by atoms with van der Waals surface area (Å²) in [4.78, 5) is 31.9. The number of halogens is 3. The summed E-state index contributed by atoms with van der Waals surface area (Å²) in [5.74, 6) is -0.646. The molecule has 1 aromatic carbocycles. The molecular weight excluding hydrogens is 339 g/mol. The van der Waals surface area contributed by atoms with Gasteiger partial charge in [0.05, 0.1) is 24.1 Å². The number of carbonyl (C=O) groups excluding carboxylic acids is 1. The first-order chi connectivity index (χ1) is 11.8. The lowest BCUT2D eigenvalue weighted by molar-refractivity contribution is -0.141. The van der Waals surface area contributed by atoms with Crippen molar-refractivity contribution in [1.82, 2.24) is 14.9 Å². The molecule has 0 saturated carbocycles. The number of hydrogen-bond acceptors (Lipinski definition) is 4. The van der Waals surface area contributed by atoms with Gasteiger partial charge in [-0.3, -0.25) is 9.59 Å². The number of aromatic amines is 1. The number of amides is 1. The molecular formula is C16H14F3N3O3. The molecule has 132 valence electrons. The summed E-state index contributed by atoms with van der Waals surface area (Å²) >= 11 is 0. The fourth-order valence-corrected chi connectivity index (χ4v) is 2.72. The van der Waals surface area contributed by atoms with E-state index in [4.69, 9.17) is 0 Å². The predicted octanol–water partition coefficient (Wildman–Crippen LogP) is 1.41. The molecule has 1 aliphatic heterocycles. The third-order valence-electron chi connectivity index (χ3n) is 4.11. The van der Waals surface area contributed by atoms with Gasteiger partial charge >= 0.3 is 6.18 Å². The van der Waals surface area contributed by atoms with E-state index in [0.717, 1.165) is 24.3 Å². The Morgan fingerprint density at radius 1 is 1.28 bits per heavy atom. The maximum absolute atomic E-state index is 12.6. The van der Waals surface area contributed by atoms with Crippen molar-refractivity contribution in [3.63, 3.8) is 0 Å². The van der Waals surface area contributed by atoms with Crippen molar-refractivity contribution >= 4 is 5.91 Å². The third kappa shape index (κ3) is 3.41. The van der Waals surface area contributed by atoms with Crippen molar-refractivity contribution < 1.29 is 23.1 Å². The Morgan fingerprint density at radius 3 is 2.60 bits per heavy atom. The van der Waals surface area contributed by atoms with E-state index in [1.165, 1.54) is 11.2 Å². The summed E-state index contributed by atoms with van der Waals surface area (Å²) in [6, 6.07) is 3.79. The lowest BCUT2D eigenvalue weighted by Gasteiger charge is -2.29. The number of nitrogens with zero attached hydrogens (tertiary/aromatic N) is 2. The van der Waals surface area contributed by atoms with E-state index >= 15 is 0 Å². The van der Waals surface area contributed by atoms with E-state index < -0.39 is 23.8 Å². The van der Waals surface area contributed by atoms with Gasteiger partial charge in [0.25, 0.3) is 11.5 Å². The number of fused-ring (bicyclic) bond motifs is 1. The number of carbonyl (C=O) groups is 1. The summed E-state index contributed by atoms with van der Waals surface area (Å²) in [6.07, 6.45) is -4.53. The van der Waals surface area contributed by atoms with Gasteiger partial charge in [-0.2, -0.15) is 13.2 Å². The molecule has 25 heavy (non-hydrogen) atoms. The first-order valence-electron chi connectivity index (χ1n) is 7.47. The van der Waals surface area contributed by atoms with Gasteiger partial charge in [-0.05, 0) is 24.1 Å². The topological polar surface area (TPSA) is 86.3 Å². The van der Waals surface area contributed by atoms with Crippen molar-refractivity contribution in [2.24, 2.45) is 0 Å². The Balaban J connectivity index is 1.76. The highest BCUT2D eigenvalue weighted by Crippen LogP contribution is 2.30. The maximum atomic E-state index is 12.6. The minimum absolute atomic E-state index is 0.0653. The van der Waals surface area contributed by atoms with Gasteiger partial charge in [-0.15, -0.1) is 0 Å². The Bertz CT molecular complexity index is 846. The highest BCUT2D eigenvalue weighted by atomic mass is 19.4. The van der Waals surface area contributed by atoms with E-state index in [2.05, 4.69) is 9.97 Å². The smallest absolute Gasteiger partial charge is 0.378 e. The molecule has 0 unspecified atom stereocenters. The molecule has 2 heterocycles. The molecule has 2 N–H and O–H groups in total. The lowest BCUT2D eigenvalue weighted by atomic mass is 10.0. The van der Waals surface area contributed by atoms with Crippen LogP contribution < -0.4 is 5.56 Å². The second-order valence-corrected chi connectivity index (χ2v) is 5.69. The van der Waals surface area contributed by atoms with Crippen LogP contribution in [0.15, 0.2) is 35.4 Å². The number of hydrogen-bond donors (Lipinski definition) is 2. The Labute approximate surface area is 139 Å². The monoisotopic (exact) mass is 353 g/mol. The summed E-state index contributed by atoms with van der Waals surface area (Å²) in [6.45, 7) is 0.286. The van der Waals surface area contributed by atoms with Gasteiger partial charge in [0.1, 0.15) is 0 Å². The number of aliphatic hydroxyl groups is 1. The van der Waals surface area contributed by atoms with Crippen LogP contribution in [0, 0.1) is 0 Å². The van der Waals surface area contributed by atoms with Crippen molar-refractivity contribution in [3.05, 3.63) is 63.3 Å². The zero-order valence-electron chi connectivity index (χ0n) is 12.9. The van der Waals surface area contributed by atoms with Crippen molar-refractivity contribution in [3.8, 4) is 0 Å². The standard InChI is InChI=1S/C16H14F3N3O3/c17-16(18,19)10-3-1-9(2-4-10)13(23)15(25)22-6-5-11-12(7-22)20-8-21-14(11)24/h1-4,8,13,23H,5-7H2,(H,20,21,24)/t13-/m0/s1. The zero-order chi connectivity index (χ0) is 18.2. The molecule has 1 amide bonds. The quantitative estimate of drug-likeness (QED) is 0.855. The molecule has 0 spiro atoms. The van der Waals surface area contributed by atoms with E-state index in [9.17, 15) is 27.9 Å². The summed E-state index contributed by atoms with van der Waals surface area (Å²) in [7, 11) is 0. The zero-order valence-corrected chi connectivity index (χ0v) is 12.9. The number of aromatic nitrogens is 2. The Kier molecular flexibility index (Phi) is 4.34. The number of nitrogens with one attached hydrogen (secondary N) is 1. The van der Waals surface area contributed by atoms with Crippen LogP contribution in [-0.4, -0.2) is 32.4 Å². The number of H-pyrrole nitrogens is 1. The van der Waals surface area contributed by atoms with E-state index in [1.807, 2.05) is 0 Å². The van der Waals surface area contributed by atoms with Gasteiger partial charge in [0.15, 0.2) is 6.10 Å².